The van der Waals surface area contributed by atoms with E-state index in [2.05, 4.69) is 20.0 Å². The SMILES string of the molecule is COc1ccc(NS(=O)(=O)c2ccc(C(=O)Nc3ccc4[nH]c(=O)[nH]c4c3)cc2)cc1. The number of aromatic amines is 2. The summed E-state index contributed by atoms with van der Waals surface area (Å²) in [5.74, 6) is 0.199. The van der Waals surface area contributed by atoms with Crippen LogP contribution in [0.4, 0.5) is 11.4 Å². The molecule has 0 fully saturated rings. The summed E-state index contributed by atoms with van der Waals surface area (Å²) in [5.41, 5.74) is 2.02. The van der Waals surface area contributed by atoms with E-state index in [1.165, 1.54) is 31.4 Å². The van der Waals surface area contributed by atoms with Gasteiger partial charge in [-0.15, -0.1) is 0 Å². The first kappa shape index (κ1) is 20.2. The molecule has 0 saturated heterocycles. The van der Waals surface area contributed by atoms with E-state index in [4.69, 9.17) is 4.74 Å². The third-order valence-corrected chi connectivity index (χ3v) is 5.94. The lowest BCUT2D eigenvalue weighted by Gasteiger charge is -2.10. The van der Waals surface area contributed by atoms with E-state index >= 15 is 0 Å². The van der Waals surface area contributed by atoms with E-state index < -0.39 is 15.9 Å². The van der Waals surface area contributed by atoms with E-state index in [0.717, 1.165) is 0 Å². The van der Waals surface area contributed by atoms with Crippen LogP contribution >= 0.6 is 0 Å². The van der Waals surface area contributed by atoms with Gasteiger partial charge in [0, 0.05) is 16.9 Å². The van der Waals surface area contributed by atoms with E-state index in [1.54, 1.807) is 42.5 Å². The molecule has 9 nitrogen and oxygen atoms in total. The lowest BCUT2D eigenvalue weighted by molar-refractivity contribution is 0.102. The highest BCUT2D eigenvalue weighted by Gasteiger charge is 2.15. The van der Waals surface area contributed by atoms with Crippen molar-refractivity contribution in [3.05, 3.63) is 82.8 Å². The van der Waals surface area contributed by atoms with Crippen molar-refractivity contribution in [2.24, 2.45) is 0 Å². The standard InChI is InChI=1S/C21H18N4O5S/c1-30-16-7-4-14(5-8-16)25-31(28,29)17-9-2-13(3-10-17)20(26)22-15-6-11-18-19(12-15)24-21(27)23-18/h2-12,25H,1H3,(H,22,26)(H2,23,24,27). The molecule has 0 atom stereocenters. The van der Waals surface area contributed by atoms with Crippen molar-refractivity contribution in [2.45, 2.75) is 4.90 Å². The number of hydrogen-bond acceptors (Lipinski definition) is 5. The van der Waals surface area contributed by atoms with Crippen LogP contribution in [-0.2, 0) is 10.0 Å². The Morgan fingerprint density at radius 2 is 1.52 bits per heavy atom. The molecule has 31 heavy (non-hydrogen) atoms. The number of amides is 1. The maximum absolute atomic E-state index is 12.6. The van der Waals surface area contributed by atoms with Crippen LogP contribution in [0.1, 0.15) is 10.4 Å². The van der Waals surface area contributed by atoms with Crippen molar-refractivity contribution >= 4 is 38.3 Å². The number of H-pyrrole nitrogens is 2. The van der Waals surface area contributed by atoms with Crippen molar-refractivity contribution in [3.8, 4) is 5.75 Å². The number of aromatic nitrogens is 2. The highest BCUT2D eigenvalue weighted by molar-refractivity contribution is 7.92. The molecule has 0 radical (unpaired) electrons. The van der Waals surface area contributed by atoms with Crippen molar-refractivity contribution in [1.82, 2.24) is 9.97 Å². The largest absolute Gasteiger partial charge is 0.497 e. The summed E-state index contributed by atoms with van der Waals surface area (Å²) >= 11 is 0. The molecule has 1 amide bonds. The molecule has 158 valence electrons. The number of sulfonamides is 1. The molecule has 0 unspecified atom stereocenters. The Labute approximate surface area is 177 Å². The van der Waals surface area contributed by atoms with Gasteiger partial charge in [0.2, 0.25) is 0 Å². The van der Waals surface area contributed by atoms with Crippen LogP contribution in [0.15, 0.2) is 76.4 Å². The van der Waals surface area contributed by atoms with Gasteiger partial charge in [-0.2, -0.15) is 0 Å². The summed E-state index contributed by atoms with van der Waals surface area (Å²) in [5, 5.41) is 2.72. The predicted molar refractivity (Wildman–Crippen MR) is 117 cm³/mol. The second kappa shape index (κ2) is 8.00. The minimum Gasteiger partial charge on any atom is -0.497 e. The van der Waals surface area contributed by atoms with Crippen molar-refractivity contribution < 1.29 is 17.9 Å². The zero-order chi connectivity index (χ0) is 22.0. The molecule has 10 heteroatoms. The van der Waals surface area contributed by atoms with Crippen LogP contribution in [0, 0.1) is 0 Å². The van der Waals surface area contributed by atoms with Gasteiger partial charge in [-0.1, -0.05) is 0 Å². The Hall–Kier alpha value is -4.05. The van der Waals surface area contributed by atoms with Gasteiger partial charge in [0.15, 0.2) is 0 Å². The Morgan fingerprint density at radius 3 is 2.19 bits per heavy atom. The number of benzene rings is 3. The van der Waals surface area contributed by atoms with Gasteiger partial charge in [-0.05, 0) is 66.7 Å². The first-order chi connectivity index (χ1) is 14.8. The average Bonchev–Trinajstić information content (AvgIpc) is 3.13. The molecular formula is C21H18N4O5S. The predicted octanol–water partition coefficient (Wildman–Crippen LogP) is 2.92. The van der Waals surface area contributed by atoms with Crippen molar-refractivity contribution in [2.75, 3.05) is 17.1 Å². The van der Waals surface area contributed by atoms with E-state index in [0.29, 0.717) is 28.2 Å². The summed E-state index contributed by atoms with van der Waals surface area (Å²) < 4.78 is 32.7. The van der Waals surface area contributed by atoms with Crippen molar-refractivity contribution in [3.63, 3.8) is 0 Å². The van der Waals surface area contributed by atoms with Gasteiger partial charge >= 0.3 is 5.69 Å². The fourth-order valence-corrected chi connectivity index (χ4v) is 4.03. The lowest BCUT2D eigenvalue weighted by atomic mass is 10.2. The third kappa shape index (κ3) is 4.43. The Morgan fingerprint density at radius 1 is 0.871 bits per heavy atom. The zero-order valence-corrected chi connectivity index (χ0v) is 17.1. The normalized spacial score (nSPS) is 11.3. The van der Waals surface area contributed by atoms with Crippen LogP contribution in [0.5, 0.6) is 5.75 Å². The average molecular weight is 438 g/mol. The number of anilines is 2. The minimum absolute atomic E-state index is 0.0196. The first-order valence-corrected chi connectivity index (χ1v) is 10.6. The molecule has 0 aliphatic carbocycles. The fourth-order valence-electron chi connectivity index (χ4n) is 2.97. The fraction of sp³-hybridized carbons (Fsp3) is 0.0476. The number of fused-ring (bicyclic) bond motifs is 1. The van der Waals surface area contributed by atoms with Crippen molar-refractivity contribution in [1.29, 1.82) is 0 Å². The first-order valence-electron chi connectivity index (χ1n) is 9.14. The van der Waals surface area contributed by atoms with Crippen LogP contribution in [-0.4, -0.2) is 31.4 Å². The number of carbonyl (C=O) groups excluding carboxylic acids is 1. The third-order valence-electron chi connectivity index (χ3n) is 4.54. The summed E-state index contributed by atoms with van der Waals surface area (Å²) in [6.45, 7) is 0. The van der Waals surface area contributed by atoms with E-state index in [1.807, 2.05) is 0 Å². The molecule has 4 rings (SSSR count). The van der Waals surface area contributed by atoms with Gasteiger partial charge < -0.3 is 20.0 Å². The molecule has 1 aromatic heterocycles. The Kier molecular flexibility index (Phi) is 5.22. The van der Waals surface area contributed by atoms with Gasteiger partial charge in [0.05, 0.1) is 23.0 Å². The van der Waals surface area contributed by atoms with Crippen LogP contribution < -0.4 is 20.5 Å². The molecule has 0 spiro atoms. The quantitative estimate of drug-likeness (QED) is 0.367. The number of ether oxygens (including phenoxy) is 1. The van der Waals surface area contributed by atoms with Gasteiger partial charge in [-0.25, -0.2) is 13.2 Å². The molecule has 0 aliphatic rings. The topological polar surface area (TPSA) is 133 Å². The van der Waals surface area contributed by atoms with Crippen LogP contribution in [0.3, 0.4) is 0 Å². The highest BCUT2D eigenvalue weighted by atomic mass is 32.2. The summed E-state index contributed by atoms with van der Waals surface area (Å²) in [4.78, 5) is 29.1. The molecular weight excluding hydrogens is 420 g/mol. The molecule has 4 aromatic rings. The molecule has 1 heterocycles. The smallest absolute Gasteiger partial charge is 0.323 e. The van der Waals surface area contributed by atoms with Crippen LogP contribution in [0.2, 0.25) is 0 Å². The number of methoxy groups -OCH3 is 1. The second-order valence-electron chi connectivity index (χ2n) is 6.65. The van der Waals surface area contributed by atoms with E-state index in [-0.39, 0.29) is 16.1 Å². The monoisotopic (exact) mass is 438 g/mol. The lowest BCUT2D eigenvalue weighted by Crippen LogP contribution is -2.14. The van der Waals surface area contributed by atoms with Crippen LogP contribution in [0.25, 0.3) is 11.0 Å². The Balaban J connectivity index is 1.47. The number of hydrogen-bond donors (Lipinski definition) is 4. The molecule has 3 aromatic carbocycles. The second-order valence-corrected chi connectivity index (χ2v) is 8.33. The van der Waals surface area contributed by atoms with Gasteiger partial charge in [0.1, 0.15) is 5.75 Å². The zero-order valence-electron chi connectivity index (χ0n) is 16.3. The summed E-state index contributed by atoms with van der Waals surface area (Å²) in [6, 6.07) is 17.0. The maximum atomic E-state index is 12.6. The van der Waals surface area contributed by atoms with Gasteiger partial charge in [0.25, 0.3) is 15.9 Å². The number of imidazole rings is 1. The number of rotatable bonds is 6. The molecule has 0 bridgehead atoms. The summed E-state index contributed by atoms with van der Waals surface area (Å²) in [7, 11) is -2.29. The molecule has 4 N–H and O–H groups in total. The number of carbonyl (C=O) groups is 1. The molecule has 0 aliphatic heterocycles. The molecule has 0 saturated carbocycles. The minimum atomic E-state index is -3.82. The Bertz CT molecular complexity index is 1400. The van der Waals surface area contributed by atoms with Gasteiger partial charge in [-0.3, -0.25) is 9.52 Å². The summed E-state index contributed by atoms with van der Waals surface area (Å²) in [6.07, 6.45) is 0. The maximum Gasteiger partial charge on any atom is 0.323 e. The van der Waals surface area contributed by atoms with E-state index in [9.17, 15) is 18.0 Å². The highest BCUT2D eigenvalue weighted by Crippen LogP contribution is 2.20. The number of nitrogens with one attached hydrogen (secondary N) is 4.